The van der Waals surface area contributed by atoms with Gasteiger partial charge in [0.2, 0.25) is 11.8 Å². The van der Waals surface area contributed by atoms with Gasteiger partial charge in [-0.05, 0) is 5.39 Å². The molecule has 3 heterocycles. The molecule has 4 rings (SSSR count). The van der Waals surface area contributed by atoms with Gasteiger partial charge in [-0.3, -0.25) is 4.79 Å². The van der Waals surface area contributed by atoms with Crippen molar-refractivity contribution in [2.75, 3.05) is 6.54 Å². The summed E-state index contributed by atoms with van der Waals surface area (Å²) in [4.78, 5) is 22.2. The van der Waals surface area contributed by atoms with Gasteiger partial charge in [0.05, 0.1) is 17.9 Å². The van der Waals surface area contributed by atoms with Crippen molar-refractivity contribution in [3.63, 3.8) is 0 Å². The van der Waals surface area contributed by atoms with Gasteiger partial charge in [0.25, 0.3) is 0 Å². The molecule has 0 saturated heterocycles. The van der Waals surface area contributed by atoms with Crippen LogP contribution in [-0.4, -0.2) is 45.8 Å². The summed E-state index contributed by atoms with van der Waals surface area (Å²) in [5, 5.41) is 0.997. The van der Waals surface area contributed by atoms with E-state index < -0.39 is 21.5 Å². The Balaban J connectivity index is 1.80. The zero-order valence-electron chi connectivity index (χ0n) is 17.2. The highest BCUT2D eigenvalue weighted by Crippen LogP contribution is 2.35. The van der Waals surface area contributed by atoms with Crippen LogP contribution in [0.5, 0.6) is 5.88 Å². The van der Waals surface area contributed by atoms with Crippen LogP contribution in [0.2, 0.25) is 0 Å². The molecule has 3 aromatic rings. The summed E-state index contributed by atoms with van der Waals surface area (Å²) in [6, 6.07) is 6.22. The molecule has 8 nitrogen and oxygen atoms in total. The van der Waals surface area contributed by atoms with Crippen LogP contribution in [0.1, 0.15) is 25.4 Å². The van der Waals surface area contributed by atoms with Crippen LogP contribution in [0.3, 0.4) is 0 Å². The third kappa shape index (κ3) is 3.78. The molecule has 0 aliphatic carbocycles. The number of carbonyl (C=O) groups is 1. The van der Waals surface area contributed by atoms with Gasteiger partial charge in [-0.15, -0.1) is 0 Å². The van der Waals surface area contributed by atoms with E-state index in [0.717, 1.165) is 17.6 Å². The molecular weight excluding hydrogens is 449 g/mol. The lowest BCUT2D eigenvalue weighted by Gasteiger charge is -2.28. The molecule has 170 valence electrons. The third-order valence-electron chi connectivity index (χ3n) is 5.32. The third-order valence-corrected chi connectivity index (χ3v) is 6.28. The van der Waals surface area contributed by atoms with E-state index in [-0.39, 0.29) is 5.91 Å². The highest BCUT2D eigenvalue weighted by atomic mass is 32.2. The fourth-order valence-electron chi connectivity index (χ4n) is 3.76. The molecule has 0 spiro atoms. The maximum Gasteiger partial charge on any atom is 0.534 e. The van der Waals surface area contributed by atoms with Crippen LogP contribution >= 0.6 is 0 Å². The van der Waals surface area contributed by atoms with Crippen molar-refractivity contribution in [2.24, 2.45) is 0 Å². The van der Waals surface area contributed by atoms with Gasteiger partial charge >= 0.3 is 15.6 Å². The van der Waals surface area contributed by atoms with Gasteiger partial charge in [-0.1, -0.05) is 25.1 Å². The number of fused-ring (bicyclic) bond motifs is 2. The first-order valence-electron chi connectivity index (χ1n) is 9.75. The monoisotopic (exact) mass is 468 g/mol. The van der Waals surface area contributed by atoms with Crippen molar-refractivity contribution in [1.82, 2.24) is 19.4 Å². The Labute approximate surface area is 181 Å². The van der Waals surface area contributed by atoms with E-state index in [1.54, 1.807) is 23.1 Å². The average molecular weight is 468 g/mol. The number of pyridine rings is 1. The quantitative estimate of drug-likeness (QED) is 0.431. The fourth-order valence-corrected chi connectivity index (χ4v) is 4.17. The van der Waals surface area contributed by atoms with E-state index in [4.69, 9.17) is 4.98 Å². The zero-order valence-corrected chi connectivity index (χ0v) is 18.0. The molecular formula is C20H19F3N4O4S. The predicted molar refractivity (Wildman–Crippen MR) is 109 cm³/mol. The minimum absolute atomic E-state index is 0.0475. The molecule has 0 fully saturated rings. The number of hydrogen-bond donors (Lipinski definition) is 0. The largest absolute Gasteiger partial charge is 0.534 e. The maximum absolute atomic E-state index is 12.6. The normalized spacial score (nSPS) is 14.5. The van der Waals surface area contributed by atoms with Crippen molar-refractivity contribution in [2.45, 2.75) is 38.9 Å². The molecule has 1 aliphatic rings. The average Bonchev–Trinajstić information content (AvgIpc) is 3.09. The summed E-state index contributed by atoms with van der Waals surface area (Å²) in [6.07, 6.45) is 1.94. The van der Waals surface area contributed by atoms with E-state index in [2.05, 4.69) is 13.7 Å². The number of rotatable bonds is 4. The Morgan fingerprint density at radius 3 is 2.66 bits per heavy atom. The number of hydrogen-bond acceptors (Lipinski definition) is 6. The van der Waals surface area contributed by atoms with Crippen LogP contribution in [0.15, 0.2) is 30.5 Å². The van der Waals surface area contributed by atoms with Gasteiger partial charge in [-0.2, -0.15) is 21.6 Å². The van der Waals surface area contributed by atoms with Crippen molar-refractivity contribution in [3.8, 4) is 17.1 Å². The minimum atomic E-state index is -5.82. The summed E-state index contributed by atoms with van der Waals surface area (Å²) in [5.74, 6) is 0.129. The molecule has 2 aromatic heterocycles. The van der Waals surface area contributed by atoms with E-state index >= 15 is 0 Å². The predicted octanol–water partition coefficient (Wildman–Crippen LogP) is 3.25. The summed E-state index contributed by atoms with van der Waals surface area (Å²) < 4.78 is 66.7. The van der Waals surface area contributed by atoms with E-state index in [1.807, 2.05) is 6.92 Å². The lowest BCUT2D eigenvalue weighted by atomic mass is 10.0. The molecule has 0 saturated carbocycles. The van der Waals surface area contributed by atoms with Crippen molar-refractivity contribution in [1.29, 1.82) is 0 Å². The highest BCUT2D eigenvalue weighted by molar-refractivity contribution is 7.87. The van der Waals surface area contributed by atoms with E-state index in [9.17, 15) is 26.4 Å². The Kier molecular flexibility index (Phi) is 5.35. The number of carbonyl (C=O) groups excluding carboxylic acids is 1. The molecule has 1 amide bonds. The summed E-state index contributed by atoms with van der Waals surface area (Å²) in [6.45, 7) is 5.06. The second kappa shape index (κ2) is 7.76. The molecule has 1 aliphatic heterocycles. The number of aryl methyl sites for hydroxylation is 1. The van der Waals surface area contributed by atoms with Gasteiger partial charge in [0.1, 0.15) is 5.82 Å². The Bertz CT molecular complexity index is 1320. The fraction of sp³-hybridized carbons (Fsp3) is 0.350. The van der Waals surface area contributed by atoms with Crippen LogP contribution in [-0.2, 0) is 34.4 Å². The first kappa shape index (κ1) is 22.1. The van der Waals surface area contributed by atoms with Crippen molar-refractivity contribution in [3.05, 3.63) is 42.0 Å². The highest BCUT2D eigenvalue weighted by Gasteiger charge is 2.48. The number of amides is 1. The minimum Gasteiger partial charge on any atom is -0.355 e. The summed E-state index contributed by atoms with van der Waals surface area (Å²) >= 11 is 0. The van der Waals surface area contributed by atoms with Gasteiger partial charge in [0.15, 0.2) is 0 Å². The second-order valence-electron chi connectivity index (χ2n) is 7.30. The van der Waals surface area contributed by atoms with Gasteiger partial charge < -0.3 is 13.7 Å². The number of nitrogens with zero attached hydrogens (tertiary/aromatic N) is 4. The van der Waals surface area contributed by atoms with Gasteiger partial charge in [0, 0.05) is 49.6 Å². The zero-order chi connectivity index (χ0) is 23.3. The van der Waals surface area contributed by atoms with E-state index in [0.29, 0.717) is 48.1 Å². The second-order valence-corrected chi connectivity index (χ2v) is 8.84. The van der Waals surface area contributed by atoms with Crippen LogP contribution in [0, 0.1) is 0 Å². The Morgan fingerprint density at radius 2 is 2.00 bits per heavy atom. The van der Waals surface area contributed by atoms with Crippen molar-refractivity contribution >= 4 is 26.8 Å². The summed E-state index contributed by atoms with van der Waals surface area (Å²) in [7, 11) is -5.82. The number of halogens is 3. The number of imidazole rings is 1. The molecule has 1 aromatic carbocycles. The standard InChI is InChI=1S/C20H19F3N4O4S/c1-3-17-25-19(16-11-26(12(2)28)7-8-27(16)17)14-6-4-5-13-9-18(24-10-15(13)14)31-32(29,30)20(21,22)23/h4-6,9-10H,3,7-8,11H2,1-2H3. The smallest absolute Gasteiger partial charge is 0.355 e. The number of benzene rings is 1. The van der Waals surface area contributed by atoms with Gasteiger partial charge in [-0.25, -0.2) is 9.97 Å². The molecule has 0 radical (unpaired) electrons. The summed E-state index contributed by atoms with van der Waals surface area (Å²) in [5.41, 5.74) is -3.37. The Morgan fingerprint density at radius 1 is 1.25 bits per heavy atom. The lowest BCUT2D eigenvalue weighted by Crippen LogP contribution is -2.37. The van der Waals surface area contributed by atoms with Crippen LogP contribution < -0.4 is 4.18 Å². The number of alkyl halides is 3. The van der Waals surface area contributed by atoms with Crippen LogP contribution in [0.25, 0.3) is 22.0 Å². The molecule has 0 atom stereocenters. The maximum atomic E-state index is 12.6. The topological polar surface area (TPSA) is 94.4 Å². The molecule has 0 N–H and O–H groups in total. The molecule has 12 heteroatoms. The molecule has 32 heavy (non-hydrogen) atoms. The lowest BCUT2D eigenvalue weighted by molar-refractivity contribution is -0.130. The molecule has 0 bridgehead atoms. The first-order chi connectivity index (χ1) is 15.0. The first-order valence-corrected chi connectivity index (χ1v) is 11.2. The molecule has 0 unspecified atom stereocenters. The van der Waals surface area contributed by atoms with Crippen LogP contribution in [0.4, 0.5) is 13.2 Å². The Hall–Kier alpha value is -3.15. The van der Waals surface area contributed by atoms with E-state index in [1.165, 1.54) is 13.1 Å². The van der Waals surface area contributed by atoms with Crippen molar-refractivity contribution < 1.29 is 30.6 Å². The SMILES string of the molecule is CCc1nc(-c2cccc3cc(OS(=O)(=O)C(F)(F)F)ncc23)c2n1CCN(C(C)=O)C2. The number of aromatic nitrogens is 3.